The summed E-state index contributed by atoms with van der Waals surface area (Å²) in [6.07, 6.45) is 2.19. The Morgan fingerprint density at radius 2 is 2.10 bits per heavy atom. The first-order valence-electron chi connectivity index (χ1n) is 7.42. The number of fused-ring (bicyclic) bond motifs is 1. The number of amides is 1. The van der Waals surface area contributed by atoms with Crippen LogP contribution in [0.2, 0.25) is 0 Å². The second-order valence-electron chi connectivity index (χ2n) is 5.96. The molecule has 1 aliphatic carbocycles. The molecule has 0 aliphatic heterocycles. The Morgan fingerprint density at radius 3 is 2.67 bits per heavy atom. The van der Waals surface area contributed by atoms with Gasteiger partial charge in [-0.3, -0.25) is 4.79 Å². The summed E-state index contributed by atoms with van der Waals surface area (Å²) in [7, 11) is 1.64. The van der Waals surface area contributed by atoms with Gasteiger partial charge in [0.05, 0.1) is 7.11 Å². The Balaban J connectivity index is 2.03. The minimum absolute atomic E-state index is 0.000154. The summed E-state index contributed by atoms with van der Waals surface area (Å²) in [6.45, 7) is 6.04. The van der Waals surface area contributed by atoms with Gasteiger partial charge in [0.25, 0.3) is 5.91 Å². The summed E-state index contributed by atoms with van der Waals surface area (Å²) in [5.41, 5.74) is 1.62. The number of furan rings is 1. The second kappa shape index (κ2) is 5.10. The second-order valence-corrected chi connectivity index (χ2v) is 5.96. The Hall–Kier alpha value is -1.97. The van der Waals surface area contributed by atoms with Crippen molar-refractivity contribution in [1.82, 2.24) is 4.90 Å². The number of hydrogen-bond donors (Lipinski definition) is 0. The third-order valence-corrected chi connectivity index (χ3v) is 4.07. The number of rotatable bonds is 4. The van der Waals surface area contributed by atoms with Crippen LogP contribution in [-0.4, -0.2) is 30.0 Å². The fourth-order valence-electron chi connectivity index (χ4n) is 2.82. The number of ether oxygens (including phenoxy) is 1. The van der Waals surface area contributed by atoms with Gasteiger partial charge in [-0.05, 0) is 51.8 Å². The number of aryl methyl sites for hydroxylation is 1. The molecule has 3 rings (SSSR count). The molecule has 1 amide bonds. The number of benzene rings is 1. The maximum Gasteiger partial charge on any atom is 0.290 e. The molecule has 1 saturated carbocycles. The van der Waals surface area contributed by atoms with Crippen LogP contribution < -0.4 is 4.74 Å². The minimum atomic E-state index is 0.000154. The Morgan fingerprint density at radius 1 is 1.38 bits per heavy atom. The van der Waals surface area contributed by atoms with E-state index in [1.165, 1.54) is 0 Å². The molecule has 0 spiro atoms. The van der Waals surface area contributed by atoms with Gasteiger partial charge in [0, 0.05) is 23.0 Å². The molecule has 0 unspecified atom stereocenters. The number of carbonyl (C=O) groups excluding carboxylic acids is 1. The predicted octanol–water partition coefficient (Wildman–Crippen LogP) is 3.76. The van der Waals surface area contributed by atoms with Crippen LogP contribution in [0.1, 0.15) is 42.8 Å². The van der Waals surface area contributed by atoms with Crippen LogP contribution in [0.3, 0.4) is 0 Å². The van der Waals surface area contributed by atoms with E-state index in [-0.39, 0.29) is 11.9 Å². The zero-order valence-electron chi connectivity index (χ0n) is 13.0. The van der Waals surface area contributed by atoms with Crippen molar-refractivity contribution in [2.45, 2.75) is 45.7 Å². The van der Waals surface area contributed by atoms with Gasteiger partial charge in [-0.25, -0.2) is 0 Å². The average molecular weight is 287 g/mol. The van der Waals surface area contributed by atoms with E-state index in [0.717, 1.165) is 35.1 Å². The first kappa shape index (κ1) is 14.0. The van der Waals surface area contributed by atoms with Gasteiger partial charge in [-0.1, -0.05) is 0 Å². The Labute approximate surface area is 124 Å². The van der Waals surface area contributed by atoms with Gasteiger partial charge in [0.1, 0.15) is 11.3 Å². The van der Waals surface area contributed by atoms with Crippen LogP contribution in [0.4, 0.5) is 0 Å². The Bertz CT molecular complexity index is 681. The molecule has 0 bridgehead atoms. The van der Waals surface area contributed by atoms with Crippen molar-refractivity contribution in [3.63, 3.8) is 0 Å². The quantitative estimate of drug-likeness (QED) is 0.859. The maximum absolute atomic E-state index is 12.8. The molecule has 2 aromatic rings. The fraction of sp³-hybridized carbons (Fsp3) is 0.471. The summed E-state index contributed by atoms with van der Waals surface area (Å²) in [4.78, 5) is 14.8. The van der Waals surface area contributed by atoms with Crippen LogP contribution in [0.5, 0.6) is 5.75 Å². The predicted molar refractivity (Wildman–Crippen MR) is 81.8 cm³/mol. The van der Waals surface area contributed by atoms with Crippen LogP contribution in [-0.2, 0) is 0 Å². The summed E-state index contributed by atoms with van der Waals surface area (Å²) < 4.78 is 11.1. The van der Waals surface area contributed by atoms with Crippen molar-refractivity contribution in [3.8, 4) is 5.75 Å². The van der Waals surface area contributed by atoms with Crippen LogP contribution in [0, 0.1) is 6.92 Å². The summed E-state index contributed by atoms with van der Waals surface area (Å²) >= 11 is 0. The van der Waals surface area contributed by atoms with Crippen molar-refractivity contribution >= 4 is 16.9 Å². The number of carbonyl (C=O) groups is 1. The van der Waals surface area contributed by atoms with Crippen LogP contribution >= 0.6 is 0 Å². The van der Waals surface area contributed by atoms with E-state index in [1.54, 1.807) is 7.11 Å². The van der Waals surface area contributed by atoms with Crippen LogP contribution in [0.15, 0.2) is 22.6 Å². The fourth-order valence-corrected chi connectivity index (χ4v) is 2.82. The molecular formula is C17H21NO3. The zero-order valence-corrected chi connectivity index (χ0v) is 13.0. The van der Waals surface area contributed by atoms with Crippen molar-refractivity contribution in [1.29, 1.82) is 0 Å². The molecule has 0 radical (unpaired) electrons. The normalized spacial score (nSPS) is 14.7. The van der Waals surface area contributed by atoms with Gasteiger partial charge < -0.3 is 14.1 Å². The van der Waals surface area contributed by atoms with E-state index in [9.17, 15) is 4.79 Å². The lowest BCUT2D eigenvalue weighted by molar-refractivity contribution is 0.0659. The molecule has 0 N–H and O–H groups in total. The maximum atomic E-state index is 12.8. The molecular weight excluding hydrogens is 266 g/mol. The van der Waals surface area contributed by atoms with E-state index in [0.29, 0.717) is 11.8 Å². The highest BCUT2D eigenvalue weighted by atomic mass is 16.5. The monoisotopic (exact) mass is 287 g/mol. The third kappa shape index (κ3) is 2.39. The first-order valence-corrected chi connectivity index (χ1v) is 7.42. The molecule has 21 heavy (non-hydrogen) atoms. The van der Waals surface area contributed by atoms with Crippen molar-refractivity contribution in [2.24, 2.45) is 0 Å². The molecule has 0 atom stereocenters. The van der Waals surface area contributed by atoms with E-state index in [1.807, 2.05) is 30.0 Å². The number of hydrogen-bond acceptors (Lipinski definition) is 3. The number of methoxy groups -OCH3 is 1. The molecule has 112 valence electrons. The molecule has 4 heteroatoms. The highest BCUT2D eigenvalue weighted by Gasteiger charge is 2.36. The van der Waals surface area contributed by atoms with E-state index < -0.39 is 0 Å². The van der Waals surface area contributed by atoms with E-state index in [4.69, 9.17) is 9.15 Å². The van der Waals surface area contributed by atoms with Gasteiger partial charge in [0.15, 0.2) is 5.76 Å². The lowest BCUT2D eigenvalue weighted by atomic mass is 10.1. The standard InChI is InChI=1S/C17H21NO3/c1-10(2)18(12-5-6-12)17(19)16-11(3)14-9-13(20-4)7-8-15(14)21-16/h7-10,12H,5-6H2,1-4H3. The molecule has 0 saturated heterocycles. The lowest BCUT2D eigenvalue weighted by Crippen LogP contribution is -2.38. The molecule has 1 aliphatic rings. The van der Waals surface area contributed by atoms with Gasteiger partial charge in [-0.2, -0.15) is 0 Å². The van der Waals surface area contributed by atoms with E-state index in [2.05, 4.69) is 13.8 Å². The van der Waals surface area contributed by atoms with Crippen molar-refractivity contribution in [2.75, 3.05) is 7.11 Å². The van der Waals surface area contributed by atoms with Gasteiger partial charge in [-0.15, -0.1) is 0 Å². The molecule has 1 heterocycles. The topological polar surface area (TPSA) is 42.7 Å². The minimum Gasteiger partial charge on any atom is -0.497 e. The third-order valence-electron chi connectivity index (χ3n) is 4.07. The molecule has 1 aromatic heterocycles. The molecule has 1 aromatic carbocycles. The zero-order chi connectivity index (χ0) is 15.1. The van der Waals surface area contributed by atoms with Gasteiger partial charge in [0.2, 0.25) is 0 Å². The van der Waals surface area contributed by atoms with Crippen molar-refractivity contribution in [3.05, 3.63) is 29.5 Å². The SMILES string of the molecule is COc1ccc2oc(C(=O)N(C(C)C)C3CC3)c(C)c2c1. The highest BCUT2D eigenvalue weighted by molar-refractivity contribution is 5.99. The highest BCUT2D eigenvalue weighted by Crippen LogP contribution is 2.34. The average Bonchev–Trinajstić information content (AvgIpc) is 3.22. The first-order chi connectivity index (χ1) is 10.0. The largest absolute Gasteiger partial charge is 0.497 e. The Kier molecular flexibility index (Phi) is 3.40. The van der Waals surface area contributed by atoms with Crippen LogP contribution in [0.25, 0.3) is 11.0 Å². The van der Waals surface area contributed by atoms with E-state index >= 15 is 0 Å². The smallest absolute Gasteiger partial charge is 0.290 e. The summed E-state index contributed by atoms with van der Waals surface area (Å²) in [5, 5.41) is 0.942. The van der Waals surface area contributed by atoms with Gasteiger partial charge >= 0.3 is 0 Å². The number of nitrogens with zero attached hydrogens (tertiary/aromatic N) is 1. The molecule has 1 fully saturated rings. The molecule has 4 nitrogen and oxygen atoms in total. The summed E-state index contributed by atoms with van der Waals surface area (Å²) in [5.74, 6) is 1.23. The summed E-state index contributed by atoms with van der Waals surface area (Å²) in [6, 6.07) is 6.18. The lowest BCUT2D eigenvalue weighted by Gasteiger charge is -2.25. The van der Waals surface area contributed by atoms with Crippen molar-refractivity contribution < 1.29 is 13.9 Å².